The molecule has 0 aromatic carbocycles. The van der Waals surface area contributed by atoms with Gasteiger partial charge in [0.15, 0.2) is 0 Å². The van der Waals surface area contributed by atoms with Gasteiger partial charge in [-0.15, -0.1) is 0 Å². The fourth-order valence-electron chi connectivity index (χ4n) is 1.78. The zero-order valence-corrected chi connectivity index (χ0v) is 7.75. The molecule has 1 aliphatic heterocycles. The van der Waals surface area contributed by atoms with Gasteiger partial charge in [0.05, 0.1) is 0 Å². The minimum Gasteiger partial charge on any atom is -0.330 e. The van der Waals surface area contributed by atoms with E-state index in [1.165, 1.54) is 0 Å². The summed E-state index contributed by atoms with van der Waals surface area (Å²) in [6.07, 6.45) is 3.92. The van der Waals surface area contributed by atoms with Crippen LogP contribution in [-0.2, 0) is 4.79 Å². The molecule has 1 aliphatic rings. The molecule has 0 aromatic rings. The predicted octanol–water partition coefficient (Wildman–Crippen LogP) is 0.246. The summed E-state index contributed by atoms with van der Waals surface area (Å²) in [5.41, 5.74) is 5.39. The largest absolute Gasteiger partial charge is 0.330 e. The van der Waals surface area contributed by atoms with Gasteiger partial charge >= 0.3 is 0 Å². The van der Waals surface area contributed by atoms with Crippen molar-refractivity contribution in [2.45, 2.75) is 19.3 Å². The molecule has 1 heterocycles. The molecule has 3 heteroatoms. The van der Waals surface area contributed by atoms with Crippen molar-refractivity contribution in [3.8, 4) is 0 Å². The number of rotatable bonds is 3. The van der Waals surface area contributed by atoms with E-state index >= 15 is 0 Å². The highest BCUT2D eigenvalue weighted by molar-refractivity contribution is 5.59. The lowest BCUT2D eigenvalue weighted by Crippen LogP contribution is -2.40. The third kappa shape index (κ3) is 2.05. The molecule has 70 valence electrons. The quantitative estimate of drug-likeness (QED) is 0.617. The molecular formula is C9H18N2O. The lowest BCUT2D eigenvalue weighted by molar-refractivity contribution is -0.118. The SMILES string of the molecule is CN1CCC(C=O)(CCN)CC1. The molecule has 0 bridgehead atoms. The van der Waals surface area contributed by atoms with Crippen LogP contribution >= 0.6 is 0 Å². The van der Waals surface area contributed by atoms with Crippen molar-refractivity contribution in [3.05, 3.63) is 0 Å². The summed E-state index contributed by atoms with van der Waals surface area (Å²) >= 11 is 0. The van der Waals surface area contributed by atoms with Crippen LogP contribution in [0.15, 0.2) is 0 Å². The molecule has 0 saturated carbocycles. The molecule has 0 spiro atoms. The fraction of sp³-hybridized carbons (Fsp3) is 0.889. The summed E-state index contributed by atoms with van der Waals surface area (Å²) in [4.78, 5) is 13.2. The van der Waals surface area contributed by atoms with Gasteiger partial charge in [-0.25, -0.2) is 0 Å². The first-order valence-electron chi connectivity index (χ1n) is 4.57. The smallest absolute Gasteiger partial charge is 0.126 e. The second-order valence-corrected chi connectivity index (χ2v) is 3.82. The molecule has 1 saturated heterocycles. The molecule has 1 rings (SSSR count). The van der Waals surface area contributed by atoms with Crippen molar-refractivity contribution < 1.29 is 4.79 Å². The lowest BCUT2D eigenvalue weighted by atomic mass is 9.77. The number of likely N-dealkylation sites (tertiary alicyclic amines) is 1. The van der Waals surface area contributed by atoms with E-state index in [-0.39, 0.29) is 5.41 Å². The molecule has 3 nitrogen and oxygen atoms in total. The highest BCUT2D eigenvalue weighted by Gasteiger charge is 2.32. The van der Waals surface area contributed by atoms with Crippen molar-refractivity contribution in [3.63, 3.8) is 0 Å². The van der Waals surface area contributed by atoms with Gasteiger partial charge < -0.3 is 15.4 Å². The Morgan fingerprint density at radius 1 is 1.50 bits per heavy atom. The first-order chi connectivity index (χ1) is 5.72. The predicted molar refractivity (Wildman–Crippen MR) is 48.9 cm³/mol. The average molecular weight is 170 g/mol. The molecule has 1 fully saturated rings. The van der Waals surface area contributed by atoms with E-state index in [2.05, 4.69) is 11.9 Å². The van der Waals surface area contributed by atoms with Crippen molar-refractivity contribution in [1.82, 2.24) is 4.90 Å². The second-order valence-electron chi connectivity index (χ2n) is 3.82. The summed E-state index contributed by atoms with van der Waals surface area (Å²) in [6.45, 7) is 2.68. The van der Waals surface area contributed by atoms with E-state index in [1.54, 1.807) is 0 Å². The highest BCUT2D eigenvalue weighted by atomic mass is 16.1. The van der Waals surface area contributed by atoms with Gasteiger partial charge in [-0.2, -0.15) is 0 Å². The van der Waals surface area contributed by atoms with Crippen LogP contribution in [0.2, 0.25) is 0 Å². The maximum Gasteiger partial charge on any atom is 0.126 e. The maximum atomic E-state index is 10.9. The zero-order chi connectivity index (χ0) is 9.03. The van der Waals surface area contributed by atoms with Gasteiger partial charge in [-0.05, 0) is 45.9 Å². The molecule has 0 amide bonds. The molecule has 0 atom stereocenters. The molecule has 0 radical (unpaired) electrons. The van der Waals surface area contributed by atoms with E-state index in [4.69, 9.17) is 5.73 Å². The number of hydrogen-bond acceptors (Lipinski definition) is 3. The van der Waals surface area contributed by atoms with E-state index in [0.29, 0.717) is 6.54 Å². The van der Waals surface area contributed by atoms with Crippen LogP contribution in [0.4, 0.5) is 0 Å². The highest BCUT2D eigenvalue weighted by Crippen LogP contribution is 2.31. The van der Waals surface area contributed by atoms with Crippen LogP contribution in [-0.4, -0.2) is 37.9 Å². The first-order valence-corrected chi connectivity index (χ1v) is 4.57. The summed E-state index contributed by atoms with van der Waals surface area (Å²) < 4.78 is 0. The Kier molecular flexibility index (Phi) is 3.23. The monoisotopic (exact) mass is 170 g/mol. The van der Waals surface area contributed by atoms with Crippen molar-refractivity contribution in [2.24, 2.45) is 11.1 Å². The summed E-state index contributed by atoms with van der Waals surface area (Å²) in [5.74, 6) is 0. The van der Waals surface area contributed by atoms with Gasteiger partial charge in [-0.1, -0.05) is 0 Å². The van der Waals surface area contributed by atoms with Crippen molar-refractivity contribution >= 4 is 6.29 Å². The minimum absolute atomic E-state index is 0.0960. The molecule has 2 N–H and O–H groups in total. The van der Waals surface area contributed by atoms with Gasteiger partial charge in [0.1, 0.15) is 6.29 Å². The Morgan fingerprint density at radius 3 is 2.50 bits per heavy atom. The Bertz CT molecular complexity index is 151. The number of hydrogen-bond donors (Lipinski definition) is 1. The fourth-order valence-corrected chi connectivity index (χ4v) is 1.78. The van der Waals surface area contributed by atoms with E-state index < -0.39 is 0 Å². The van der Waals surface area contributed by atoms with Gasteiger partial charge in [0.2, 0.25) is 0 Å². The first kappa shape index (κ1) is 9.68. The molecular weight excluding hydrogens is 152 g/mol. The summed E-state index contributed by atoms with van der Waals surface area (Å²) in [6, 6.07) is 0. The number of nitrogens with zero attached hydrogens (tertiary/aromatic N) is 1. The standard InChI is InChI=1S/C9H18N2O/c1-11-6-3-9(8-12,2-5-10)4-7-11/h8H,2-7,10H2,1H3. The van der Waals surface area contributed by atoms with Crippen molar-refractivity contribution in [2.75, 3.05) is 26.7 Å². The third-order valence-corrected chi connectivity index (χ3v) is 2.88. The normalized spacial score (nSPS) is 23.8. The Hall–Kier alpha value is -0.410. The number of nitrogens with two attached hydrogens (primary N) is 1. The van der Waals surface area contributed by atoms with Crippen LogP contribution < -0.4 is 5.73 Å². The van der Waals surface area contributed by atoms with Crippen LogP contribution in [0.3, 0.4) is 0 Å². The average Bonchev–Trinajstić information content (AvgIpc) is 2.10. The molecule has 0 aromatic heterocycles. The second kappa shape index (κ2) is 4.01. The van der Waals surface area contributed by atoms with Gasteiger partial charge in [0.25, 0.3) is 0 Å². The number of aldehydes is 1. The van der Waals surface area contributed by atoms with Crippen molar-refractivity contribution in [1.29, 1.82) is 0 Å². The number of carbonyl (C=O) groups is 1. The van der Waals surface area contributed by atoms with Crippen LogP contribution in [0, 0.1) is 5.41 Å². The van der Waals surface area contributed by atoms with E-state index in [9.17, 15) is 4.79 Å². The molecule has 0 unspecified atom stereocenters. The Balaban J connectivity index is 2.50. The van der Waals surface area contributed by atoms with Crippen LogP contribution in [0.1, 0.15) is 19.3 Å². The number of piperidine rings is 1. The van der Waals surface area contributed by atoms with Crippen LogP contribution in [0.25, 0.3) is 0 Å². The zero-order valence-electron chi connectivity index (χ0n) is 7.75. The Labute approximate surface area is 73.9 Å². The molecule has 0 aliphatic carbocycles. The Morgan fingerprint density at radius 2 is 2.08 bits per heavy atom. The summed E-state index contributed by atoms with van der Waals surface area (Å²) in [5, 5.41) is 0. The van der Waals surface area contributed by atoms with Crippen LogP contribution in [0.5, 0.6) is 0 Å². The lowest BCUT2D eigenvalue weighted by Gasteiger charge is -2.36. The maximum absolute atomic E-state index is 10.9. The molecule has 12 heavy (non-hydrogen) atoms. The van der Waals surface area contributed by atoms with Gasteiger partial charge in [0, 0.05) is 5.41 Å². The third-order valence-electron chi connectivity index (χ3n) is 2.88. The van der Waals surface area contributed by atoms with E-state index in [1.807, 2.05) is 0 Å². The minimum atomic E-state index is -0.0960. The topological polar surface area (TPSA) is 46.3 Å². The van der Waals surface area contributed by atoms with Gasteiger partial charge in [-0.3, -0.25) is 0 Å². The van der Waals surface area contributed by atoms with E-state index in [0.717, 1.165) is 38.6 Å². The number of carbonyl (C=O) groups excluding carboxylic acids is 1. The summed E-state index contributed by atoms with van der Waals surface area (Å²) in [7, 11) is 2.09.